The van der Waals surface area contributed by atoms with Gasteiger partial charge in [0.25, 0.3) is 0 Å². The zero-order chi connectivity index (χ0) is 26.2. The first-order chi connectivity index (χ1) is 17.2. The highest BCUT2D eigenvalue weighted by Gasteiger charge is 2.48. The quantitative estimate of drug-likeness (QED) is 0.340. The van der Waals surface area contributed by atoms with E-state index in [0.717, 1.165) is 22.5 Å². The topological polar surface area (TPSA) is 82.1 Å². The lowest BCUT2D eigenvalue weighted by Gasteiger charge is -2.33. The van der Waals surface area contributed by atoms with Gasteiger partial charge in [-0.25, -0.2) is 17.1 Å². The van der Waals surface area contributed by atoms with Gasteiger partial charge in [-0.2, -0.15) is 0 Å². The molecule has 3 aromatic rings. The van der Waals surface area contributed by atoms with Crippen LogP contribution in [0.15, 0.2) is 78.9 Å². The van der Waals surface area contributed by atoms with Crippen molar-refractivity contribution in [1.29, 1.82) is 0 Å². The lowest BCUT2D eigenvalue weighted by molar-refractivity contribution is -0.149. The summed E-state index contributed by atoms with van der Waals surface area (Å²) in [6, 6.07) is 21.7. The molecule has 0 bridgehead atoms. The van der Waals surface area contributed by atoms with Crippen LogP contribution in [0.2, 0.25) is 0 Å². The predicted molar refractivity (Wildman–Crippen MR) is 134 cm³/mol. The summed E-state index contributed by atoms with van der Waals surface area (Å²) in [6.45, 7) is -0.243. The first-order valence-corrected chi connectivity index (χ1v) is 12.8. The van der Waals surface area contributed by atoms with E-state index in [1.165, 1.54) is 25.2 Å². The molecule has 1 unspecified atom stereocenters. The van der Waals surface area contributed by atoms with Crippen LogP contribution < -0.4 is 4.74 Å². The average Bonchev–Trinajstić information content (AvgIpc) is 2.88. The first kappa shape index (κ1) is 27.3. The zero-order valence-electron chi connectivity index (χ0n) is 20.5. The number of benzene rings is 3. The maximum atomic E-state index is 15.0. The normalized spacial score (nSPS) is 13.2. The third kappa shape index (κ3) is 6.48. The lowest BCUT2D eigenvalue weighted by atomic mass is 9.82. The van der Waals surface area contributed by atoms with Crippen molar-refractivity contribution in [1.82, 2.24) is 4.31 Å². The van der Waals surface area contributed by atoms with Crippen LogP contribution in [0.1, 0.15) is 16.7 Å². The van der Waals surface area contributed by atoms with Crippen molar-refractivity contribution < 1.29 is 31.8 Å². The fourth-order valence-corrected chi connectivity index (χ4v) is 5.44. The molecular formula is C27H30FNO6S. The number of sulfonamides is 1. The summed E-state index contributed by atoms with van der Waals surface area (Å²) < 4.78 is 59.2. The smallest absolute Gasteiger partial charge is 0.319 e. The second kappa shape index (κ2) is 12.1. The van der Waals surface area contributed by atoms with E-state index in [-0.39, 0.29) is 18.7 Å². The van der Waals surface area contributed by atoms with Crippen molar-refractivity contribution >= 4 is 16.0 Å². The summed E-state index contributed by atoms with van der Waals surface area (Å²) in [5.41, 5.74) is -0.491. The largest absolute Gasteiger partial charge is 0.497 e. The number of rotatable bonds is 12. The molecule has 3 rings (SSSR count). The van der Waals surface area contributed by atoms with Gasteiger partial charge in [0.15, 0.2) is 0 Å². The maximum absolute atomic E-state index is 15.0. The molecule has 0 saturated carbocycles. The van der Waals surface area contributed by atoms with E-state index < -0.39 is 39.6 Å². The van der Waals surface area contributed by atoms with Gasteiger partial charge in [-0.3, -0.25) is 4.79 Å². The standard InChI is InChI=1S/C27H30FNO6S/c1-29(17-21-13-15-23(33-2)16-14-21)36(31,32)20-27(26(30)34-3,24-11-7-8-12-25(24)28)19-35-18-22-9-5-4-6-10-22/h4-16H,17-20H2,1-3H3. The highest BCUT2D eigenvalue weighted by Crippen LogP contribution is 2.32. The summed E-state index contributed by atoms with van der Waals surface area (Å²) >= 11 is 0. The SMILES string of the molecule is COC(=O)C(COCc1ccccc1)(CS(=O)(=O)N(C)Cc1ccc(OC)cc1)c1ccccc1F. The third-order valence-corrected chi connectivity index (χ3v) is 7.83. The van der Waals surface area contributed by atoms with Crippen molar-refractivity contribution in [2.24, 2.45) is 0 Å². The van der Waals surface area contributed by atoms with E-state index in [1.807, 2.05) is 30.3 Å². The first-order valence-electron chi connectivity index (χ1n) is 11.2. The van der Waals surface area contributed by atoms with Gasteiger partial charge >= 0.3 is 5.97 Å². The van der Waals surface area contributed by atoms with E-state index in [0.29, 0.717) is 5.75 Å². The minimum atomic E-state index is -4.09. The van der Waals surface area contributed by atoms with Crippen LogP contribution in [0, 0.1) is 5.82 Å². The molecule has 0 radical (unpaired) electrons. The van der Waals surface area contributed by atoms with Crippen LogP contribution in [-0.4, -0.2) is 52.3 Å². The number of esters is 1. The fraction of sp³-hybridized carbons (Fsp3) is 0.296. The summed E-state index contributed by atoms with van der Waals surface area (Å²) in [5, 5.41) is 0. The molecular weight excluding hydrogens is 485 g/mol. The molecule has 3 aromatic carbocycles. The predicted octanol–water partition coefficient (Wildman–Crippen LogP) is 3.92. The summed E-state index contributed by atoms with van der Waals surface area (Å²) in [5.74, 6) is -1.72. The number of methoxy groups -OCH3 is 2. The van der Waals surface area contributed by atoms with Crippen molar-refractivity contribution in [3.05, 3.63) is 101 Å². The van der Waals surface area contributed by atoms with Crippen LogP contribution in [-0.2, 0) is 42.9 Å². The number of halogens is 1. The molecule has 0 amide bonds. The summed E-state index contributed by atoms with van der Waals surface area (Å²) in [6.07, 6.45) is 0. The highest BCUT2D eigenvalue weighted by molar-refractivity contribution is 7.89. The van der Waals surface area contributed by atoms with Gasteiger partial charge in [0.1, 0.15) is 17.0 Å². The molecule has 1 atom stereocenters. The van der Waals surface area contributed by atoms with Gasteiger partial charge < -0.3 is 14.2 Å². The molecule has 0 aliphatic carbocycles. The Morgan fingerprint density at radius 2 is 1.56 bits per heavy atom. The van der Waals surface area contributed by atoms with E-state index in [9.17, 15) is 13.2 Å². The molecule has 192 valence electrons. The van der Waals surface area contributed by atoms with Crippen LogP contribution in [0.3, 0.4) is 0 Å². The Hall–Kier alpha value is -3.27. The molecule has 0 aliphatic heterocycles. The third-order valence-electron chi connectivity index (χ3n) is 5.89. The van der Waals surface area contributed by atoms with Crippen molar-refractivity contribution in [3.63, 3.8) is 0 Å². The molecule has 0 aromatic heterocycles. The lowest BCUT2D eigenvalue weighted by Crippen LogP contribution is -2.50. The highest BCUT2D eigenvalue weighted by atomic mass is 32.2. The van der Waals surface area contributed by atoms with Crippen molar-refractivity contribution in [2.45, 2.75) is 18.6 Å². The van der Waals surface area contributed by atoms with Gasteiger partial charge in [0.2, 0.25) is 10.0 Å². The Balaban J connectivity index is 1.94. The Bertz CT molecular complexity index is 1250. The number of hydrogen-bond donors (Lipinski definition) is 0. The Kier molecular flexibility index (Phi) is 9.19. The Morgan fingerprint density at radius 1 is 0.917 bits per heavy atom. The minimum absolute atomic E-state index is 0.0473. The maximum Gasteiger partial charge on any atom is 0.319 e. The van der Waals surface area contributed by atoms with E-state index in [2.05, 4.69) is 0 Å². The van der Waals surface area contributed by atoms with Crippen LogP contribution in [0.4, 0.5) is 4.39 Å². The molecule has 9 heteroatoms. The van der Waals surface area contributed by atoms with E-state index in [1.54, 1.807) is 37.4 Å². The minimum Gasteiger partial charge on any atom is -0.497 e. The van der Waals surface area contributed by atoms with Crippen LogP contribution in [0.25, 0.3) is 0 Å². The number of ether oxygens (including phenoxy) is 3. The van der Waals surface area contributed by atoms with Crippen LogP contribution >= 0.6 is 0 Å². The summed E-state index contributed by atoms with van der Waals surface area (Å²) in [7, 11) is 0.00211. The molecule has 7 nitrogen and oxygen atoms in total. The average molecular weight is 516 g/mol. The summed E-state index contributed by atoms with van der Waals surface area (Å²) in [4.78, 5) is 13.2. The molecule has 36 heavy (non-hydrogen) atoms. The molecule has 0 fully saturated rings. The van der Waals surface area contributed by atoms with Gasteiger partial charge in [0.05, 0.1) is 33.2 Å². The number of nitrogens with zero attached hydrogens (tertiary/aromatic N) is 1. The molecule has 0 heterocycles. The van der Waals surface area contributed by atoms with Crippen molar-refractivity contribution in [3.8, 4) is 5.75 Å². The van der Waals surface area contributed by atoms with E-state index in [4.69, 9.17) is 14.2 Å². The van der Waals surface area contributed by atoms with Gasteiger partial charge in [-0.05, 0) is 29.3 Å². The number of hydrogen-bond acceptors (Lipinski definition) is 6. The zero-order valence-corrected chi connectivity index (χ0v) is 21.3. The van der Waals surface area contributed by atoms with Crippen molar-refractivity contribution in [2.75, 3.05) is 33.6 Å². The monoisotopic (exact) mass is 515 g/mol. The second-order valence-corrected chi connectivity index (χ2v) is 10.5. The fourth-order valence-electron chi connectivity index (χ4n) is 3.89. The number of carbonyl (C=O) groups excluding carboxylic acids is 1. The number of carbonyl (C=O) groups is 1. The van der Waals surface area contributed by atoms with Gasteiger partial charge in [-0.15, -0.1) is 0 Å². The van der Waals surface area contributed by atoms with E-state index >= 15 is 4.39 Å². The van der Waals surface area contributed by atoms with Gasteiger partial charge in [0, 0.05) is 19.2 Å². The molecule has 0 saturated heterocycles. The Morgan fingerprint density at radius 3 is 2.17 bits per heavy atom. The van der Waals surface area contributed by atoms with Gasteiger partial charge in [-0.1, -0.05) is 60.7 Å². The molecule has 0 aliphatic rings. The molecule has 0 spiro atoms. The molecule has 0 N–H and O–H groups in total. The second-order valence-electron chi connectivity index (χ2n) is 8.39. The van der Waals surface area contributed by atoms with Crippen LogP contribution in [0.5, 0.6) is 5.75 Å². The Labute approximate surface area is 211 Å².